The van der Waals surface area contributed by atoms with Crippen LogP contribution in [0.5, 0.6) is 0 Å². The van der Waals surface area contributed by atoms with Gasteiger partial charge in [-0.15, -0.1) is 0 Å². The second-order valence-corrected chi connectivity index (χ2v) is 23.4. The number of carboxylic acids is 1. The van der Waals surface area contributed by atoms with Crippen LogP contribution < -0.4 is 20.0 Å². The van der Waals surface area contributed by atoms with Crippen LogP contribution in [0, 0.1) is 0 Å². The number of Topliss-reactive ketones (excluding diaryl/α,β-unsaturated/α-hetero) is 2. The van der Waals surface area contributed by atoms with Gasteiger partial charge in [0.25, 0.3) is 0 Å². The number of likely N-dealkylation sites (N-methyl/N-ethyl adjacent to an activating group) is 2. The first-order valence-electron chi connectivity index (χ1n) is 24.7. The maximum Gasteiger partial charge on any atom is 0.335 e. The first-order chi connectivity index (χ1) is 34.1. The van der Waals surface area contributed by atoms with Gasteiger partial charge in [-0.05, 0) is 127 Å². The van der Waals surface area contributed by atoms with Crippen molar-refractivity contribution in [2.75, 3.05) is 38.0 Å². The fourth-order valence-corrected chi connectivity index (χ4v) is 13.2. The number of hydrogen-bond donors (Lipinski definition) is 2. The van der Waals surface area contributed by atoms with Crippen LogP contribution in [0.4, 0.5) is 22.7 Å². The molecule has 372 valence electrons. The topological polar surface area (TPSA) is 160 Å². The Kier molecular flexibility index (Phi) is 9.89. The van der Waals surface area contributed by atoms with Crippen LogP contribution >= 0.6 is 0 Å². The maximum absolute atomic E-state index is 14.0. The summed E-state index contributed by atoms with van der Waals surface area (Å²) in [6.45, 7) is 21.1. The Balaban J connectivity index is 0.903. The van der Waals surface area contributed by atoms with E-state index in [0.29, 0.717) is 0 Å². The highest BCUT2D eigenvalue weighted by Gasteiger charge is 2.50. The molecule has 0 atom stereocenters. The van der Waals surface area contributed by atoms with Gasteiger partial charge < -0.3 is 25.1 Å². The summed E-state index contributed by atoms with van der Waals surface area (Å²) in [5.74, 6) is -2.21. The number of nitrogens with zero attached hydrogens (tertiary/aromatic N) is 4. The number of anilines is 2. The molecule has 0 saturated carbocycles. The van der Waals surface area contributed by atoms with E-state index < -0.39 is 33.0 Å². The number of aromatic carboxylic acids is 1. The highest BCUT2D eigenvalue weighted by Crippen LogP contribution is 2.59. The van der Waals surface area contributed by atoms with Crippen LogP contribution in [-0.2, 0) is 48.2 Å². The average molecular weight is 977 g/mol. The molecule has 4 aliphatic heterocycles. The van der Waals surface area contributed by atoms with Crippen LogP contribution in [0.25, 0.3) is 11.1 Å². The molecule has 73 heavy (non-hydrogen) atoms. The summed E-state index contributed by atoms with van der Waals surface area (Å²) in [5, 5.41) is 46.7. The molecule has 11 rings (SSSR count). The molecule has 4 aromatic rings. The molecule has 0 saturated heterocycles. The highest BCUT2D eigenvalue weighted by molar-refractivity contribution is 6.25. The van der Waals surface area contributed by atoms with Crippen molar-refractivity contribution in [2.24, 2.45) is 0 Å². The van der Waals surface area contributed by atoms with Crippen molar-refractivity contribution in [3.8, 4) is 11.1 Å². The Morgan fingerprint density at radius 2 is 1.00 bits per heavy atom. The lowest BCUT2D eigenvalue weighted by Crippen LogP contribution is -2.34. The number of ketones is 2. The third kappa shape index (κ3) is 6.23. The fourth-order valence-electron chi connectivity index (χ4n) is 13.2. The van der Waals surface area contributed by atoms with E-state index >= 15 is 0 Å². The van der Waals surface area contributed by atoms with Crippen LogP contribution in [-0.4, -0.2) is 76.7 Å². The Hall–Kier alpha value is -7.41. The van der Waals surface area contributed by atoms with Crippen molar-refractivity contribution in [1.29, 1.82) is 0 Å². The van der Waals surface area contributed by atoms with Gasteiger partial charge >= 0.3 is 5.97 Å². The van der Waals surface area contributed by atoms with E-state index in [1.54, 1.807) is 42.5 Å². The van der Waals surface area contributed by atoms with E-state index in [1.165, 1.54) is 11.1 Å². The van der Waals surface area contributed by atoms with Crippen LogP contribution in [0.3, 0.4) is 0 Å². The SMILES string of the molecule is CN1/C(=C\C2=C([O-])C(=CC3=[N+](C)c4ccc(COO)cc4C3(C)C)C2=O)C(C)(C)c2cc3c(cc21)C(C)(C)c1cc2c(cc1-3)C(C)(C)/C(=C/C1=C([O-])C(=CC3=[N+](C)c4ccc(C(=O)O)cc4C3(C)C)C1=O)N2C. The molecule has 12 nitrogen and oxygen atoms in total. The second kappa shape index (κ2) is 15.1. The van der Waals surface area contributed by atoms with E-state index in [0.717, 1.165) is 84.5 Å². The van der Waals surface area contributed by atoms with Crippen molar-refractivity contribution in [3.63, 3.8) is 0 Å². The lowest BCUT2D eigenvalue weighted by molar-refractivity contribution is -0.401. The summed E-state index contributed by atoms with van der Waals surface area (Å²) in [7, 11) is 7.80. The van der Waals surface area contributed by atoms with Gasteiger partial charge in [-0.25, -0.2) is 9.68 Å². The standard InChI is InChI=1S/C61H60N4O8/c1-57(2)38-27-46-42(60(7,8)50(64(46)13)25-36-52(66)34(53(36)67)23-48-58(3,4)40-19-30(29-73-72)15-17-44(40)62(48)11)21-32(38)33-22-43-47(28-39(33)57)65(14)51(61(43,9)10)26-37-54(68)35(55(37)69)24-49-59(5,6)41-20-31(56(70)71)16-18-45(41)63(49)12/h15-28H,29H2,1-14H3,(H2-2,66,67,68,69,70,71,72). The minimum atomic E-state index is -1.02. The molecule has 0 aromatic heterocycles. The molecule has 4 heterocycles. The van der Waals surface area contributed by atoms with Crippen molar-refractivity contribution in [3.05, 3.63) is 175 Å². The van der Waals surface area contributed by atoms with Crippen LogP contribution in [0.2, 0.25) is 0 Å². The minimum absolute atomic E-state index is 0.0562. The number of benzene rings is 4. The third-order valence-electron chi connectivity index (χ3n) is 17.7. The molecule has 2 N–H and O–H groups in total. The largest absolute Gasteiger partial charge is 0.871 e. The molecule has 3 aliphatic carbocycles. The van der Waals surface area contributed by atoms with Gasteiger partial charge in [0.05, 0.1) is 16.4 Å². The second-order valence-electron chi connectivity index (χ2n) is 23.4. The Labute approximate surface area is 425 Å². The Morgan fingerprint density at radius 1 is 0.575 bits per heavy atom. The molecular formula is C61H60N4O8. The molecule has 4 aromatic carbocycles. The molecule has 0 radical (unpaired) electrons. The number of carbonyl (C=O) groups is 3. The molecule has 0 bridgehead atoms. The van der Waals surface area contributed by atoms with E-state index in [9.17, 15) is 29.7 Å². The van der Waals surface area contributed by atoms with Crippen LogP contribution in [0.15, 0.2) is 130 Å². The predicted octanol–water partition coefficient (Wildman–Crippen LogP) is 8.56. The van der Waals surface area contributed by atoms with Crippen molar-refractivity contribution in [1.82, 2.24) is 0 Å². The number of rotatable bonds is 7. The van der Waals surface area contributed by atoms with E-state index in [2.05, 4.69) is 94.3 Å². The van der Waals surface area contributed by atoms with Gasteiger partial charge in [0.2, 0.25) is 11.4 Å². The molecular weight excluding hydrogens is 917 g/mol. The quantitative estimate of drug-likeness (QED) is 0.0796. The zero-order chi connectivity index (χ0) is 52.7. The number of carboxylic acid groups (broad SMARTS) is 1. The Morgan fingerprint density at radius 3 is 1.41 bits per heavy atom. The predicted molar refractivity (Wildman–Crippen MR) is 278 cm³/mol. The number of allylic oxidation sites excluding steroid dienone is 10. The summed E-state index contributed by atoms with van der Waals surface area (Å²) in [6.07, 6.45) is 6.96. The molecule has 0 amide bonds. The van der Waals surface area contributed by atoms with Gasteiger partial charge in [0.15, 0.2) is 23.0 Å². The van der Waals surface area contributed by atoms with Crippen molar-refractivity contribution in [2.45, 2.75) is 103 Å². The molecule has 7 aliphatic rings. The van der Waals surface area contributed by atoms with Gasteiger partial charge in [-0.3, -0.25) is 14.8 Å². The summed E-state index contributed by atoms with van der Waals surface area (Å²) in [5.41, 5.74) is 14.6. The minimum Gasteiger partial charge on any atom is -0.871 e. The lowest BCUT2D eigenvalue weighted by atomic mass is 9.77. The summed E-state index contributed by atoms with van der Waals surface area (Å²) in [6, 6.07) is 19.9. The fraction of sp³-hybridized carbons (Fsp3) is 0.328. The highest BCUT2D eigenvalue weighted by atomic mass is 17.1. The monoisotopic (exact) mass is 976 g/mol. The summed E-state index contributed by atoms with van der Waals surface area (Å²) < 4.78 is 3.94. The number of fused-ring (bicyclic) bond motifs is 7. The number of hydrogen-bond acceptors (Lipinski definition) is 9. The first kappa shape index (κ1) is 47.9. The average Bonchev–Trinajstić information content (AvgIpc) is 3.90. The van der Waals surface area contributed by atoms with Gasteiger partial charge in [0.1, 0.15) is 20.7 Å². The molecule has 0 spiro atoms. The zero-order valence-electron chi connectivity index (χ0n) is 43.9. The molecule has 0 unspecified atom stereocenters. The molecule has 0 fully saturated rings. The maximum atomic E-state index is 14.0. The Bertz CT molecular complexity index is 3630. The summed E-state index contributed by atoms with van der Waals surface area (Å²) >= 11 is 0. The van der Waals surface area contributed by atoms with Crippen molar-refractivity contribution >= 4 is 51.7 Å². The van der Waals surface area contributed by atoms with E-state index in [-0.39, 0.29) is 57.5 Å². The zero-order valence-corrected chi connectivity index (χ0v) is 43.9. The normalized spacial score (nSPS) is 23.2. The van der Waals surface area contributed by atoms with E-state index in [1.807, 2.05) is 69.4 Å². The van der Waals surface area contributed by atoms with Gasteiger partial charge in [-0.2, -0.15) is 9.15 Å². The third-order valence-corrected chi connectivity index (χ3v) is 17.7. The summed E-state index contributed by atoms with van der Waals surface area (Å²) in [4.78, 5) is 48.4. The van der Waals surface area contributed by atoms with Gasteiger partial charge in [-0.1, -0.05) is 53.1 Å². The molecule has 12 heteroatoms. The van der Waals surface area contributed by atoms with E-state index in [4.69, 9.17) is 5.26 Å². The van der Waals surface area contributed by atoms with Crippen LogP contribution in [0.1, 0.15) is 119 Å². The smallest absolute Gasteiger partial charge is 0.335 e. The number of carbonyl (C=O) groups excluding carboxylic acids is 2. The first-order valence-corrected chi connectivity index (χ1v) is 24.7. The lowest BCUT2D eigenvalue weighted by Gasteiger charge is -2.32. The van der Waals surface area contributed by atoms with Crippen molar-refractivity contribution < 1.29 is 49.0 Å². The van der Waals surface area contributed by atoms with Gasteiger partial charge in [0, 0.05) is 111 Å².